The van der Waals surface area contributed by atoms with Gasteiger partial charge in [0.15, 0.2) is 0 Å². The Bertz CT molecular complexity index is 1770. The molecule has 0 bridgehead atoms. The van der Waals surface area contributed by atoms with E-state index in [4.69, 9.17) is 0 Å². The van der Waals surface area contributed by atoms with Crippen LogP contribution >= 0.6 is 0 Å². The van der Waals surface area contributed by atoms with Crippen LogP contribution in [0.3, 0.4) is 0 Å². The van der Waals surface area contributed by atoms with Gasteiger partial charge in [-0.3, -0.25) is 33.6 Å². The summed E-state index contributed by atoms with van der Waals surface area (Å²) in [7, 11) is 3.82. The lowest BCUT2D eigenvalue weighted by Gasteiger charge is -2.36. The molecule has 0 aromatic heterocycles. The molecule has 84 heavy (non-hydrogen) atoms. The third-order valence-electron chi connectivity index (χ3n) is 19.5. The molecule has 0 N–H and O–H groups in total. The largest absolute Gasteiger partial charge is 0.343 e. The first-order valence-corrected chi connectivity index (χ1v) is 34.1. The fourth-order valence-electron chi connectivity index (χ4n) is 8.84. The zero-order valence-corrected chi connectivity index (χ0v) is 61.1. The van der Waals surface area contributed by atoms with Gasteiger partial charge in [-0.25, -0.2) is 0 Å². The van der Waals surface area contributed by atoms with E-state index in [0.717, 1.165) is 45.4 Å². The Hall–Kier alpha value is -3.11. The first kappa shape index (κ1) is 85.1. The standard InChI is InChI=1S/C12H22O.C11H21NO.C11H22O.C10H19NO.C10H21NO.C10H20O.C9H17NO/c1-9(2)12(3,4)11(13)8-10-6-5-7-10;1-8(2)9(3)11(13)12(4)10-6-5-7-10;1-8(2)7-10(12)11(5,6)9(3)4;1-8(2)9(3)10(12)11-6-4-5-7-11;1-7(2)9(5)10(12)11(6)8(3)4;1-7(2)6-10(11)9(5)8(3)4;1-8(2)7-9(11)10-5-3-4-6-10/h9-10H,5-8H2,1-4H3;8-10H,5-7H2,1-4H3;8-9H,7H2,1-6H3;8-9H,4-7H2,1-3H3;7-9H,1-6H3;7-9H,6H2,1-5H3;8H,3-7H2,1-2H3. The number of carbonyl (C=O) groups is 7. The summed E-state index contributed by atoms with van der Waals surface area (Å²) in [6.45, 7) is 62.2. The van der Waals surface area contributed by atoms with Crippen molar-refractivity contribution in [2.75, 3.05) is 40.3 Å². The molecule has 11 nitrogen and oxygen atoms in total. The molecule has 0 radical (unpaired) electrons. The Morgan fingerprint density at radius 3 is 1.08 bits per heavy atom. The maximum absolute atomic E-state index is 11.9. The third kappa shape index (κ3) is 33.9. The highest BCUT2D eigenvalue weighted by Crippen LogP contribution is 2.36. The molecule has 4 fully saturated rings. The highest BCUT2D eigenvalue weighted by molar-refractivity contribution is 5.85. The number of amides is 4. The van der Waals surface area contributed by atoms with Gasteiger partial charge in [-0.1, -0.05) is 199 Å². The molecule has 2 aliphatic carbocycles. The van der Waals surface area contributed by atoms with Gasteiger partial charge in [0.2, 0.25) is 23.6 Å². The minimum absolute atomic E-state index is 0.115. The maximum atomic E-state index is 11.9. The van der Waals surface area contributed by atoms with E-state index in [2.05, 4.69) is 138 Å². The zero-order valence-electron chi connectivity index (χ0n) is 61.1. The minimum Gasteiger partial charge on any atom is -0.343 e. The van der Waals surface area contributed by atoms with Gasteiger partial charge in [-0.05, 0) is 118 Å². The summed E-state index contributed by atoms with van der Waals surface area (Å²) in [5.74, 6) is 8.21. The molecular formula is C73H142N4O7. The van der Waals surface area contributed by atoms with Gasteiger partial charge in [-0.2, -0.15) is 0 Å². The Morgan fingerprint density at radius 1 is 0.417 bits per heavy atom. The number of Topliss-reactive ketones (excluding diaryl/α,β-unsaturated/α-hetero) is 3. The van der Waals surface area contributed by atoms with E-state index in [-0.39, 0.29) is 40.4 Å². The van der Waals surface area contributed by atoms with Crippen LogP contribution in [0, 0.1) is 93.7 Å². The average molecular weight is 1190 g/mol. The molecule has 4 unspecified atom stereocenters. The molecule has 2 heterocycles. The first-order valence-electron chi connectivity index (χ1n) is 34.1. The smallest absolute Gasteiger partial charge is 0.225 e. The van der Waals surface area contributed by atoms with Crippen molar-refractivity contribution in [3.05, 3.63) is 0 Å². The van der Waals surface area contributed by atoms with Crippen molar-refractivity contribution in [1.82, 2.24) is 19.6 Å². The van der Waals surface area contributed by atoms with Crippen LogP contribution in [0.1, 0.15) is 284 Å². The normalized spacial score (nSPS) is 16.8. The first-order chi connectivity index (χ1) is 38.4. The summed E-state index contributed by atoms with van der Waals surface area (Å²) < 4.78 is 0. The van der Waals surface area contributed by atoms with Crippen LogP contribution in [0.15, 0.2) is 0 Å². The molecule has 2 saturated carbocycles. The number of rotatable bonds is 22. The molecule has 0 spiro atoms. The molecule has 2 aliphatic heterocycles. The van der Waals surface area contributed by atoms with Crippen LogP contribution in [-0.2, 0) is 33.6 Å². The van der Waals surface area contributed by atoms with E-state index < -0.39 is 0 Å². The van der Waals surface area contributed by atoms with Crippen molar-refractivity contribution in [3.63, 3.8) is 0 Å². The average Bonchev–Trinajstić information content (AvgIpc) is 4.12. The van der Waals surface area contributed by atoms with Crippen molar-refractivity contribution >= 4 is 41.0 Å². The molecule has 11 heteroatoms. The summed E-state index contributed by atoms with van der Waals surface area (Å²) >= 11 is 0. The second kappa shape index (κ2) is 42.7. The zero-order chi connectivity index (χ0) is 66.3. The Kier molecular flexibility index (Phi) is 43.3. The van der Waals surface area contributed by atoms with Crippen LogP contribution in [0.5, 0.6) is 0 Å². The lowest BCUT2D eigenvalue weighted by Crippen LogP contribution is -2.44. The summed E-state index contributed by atoms with van der Waals surface area (Å²) in [5.41, 5.74) is -0.264. The molecule has 4 aliphatic rings. The number of nitrogens with zero attached hydrogens (tertiary/aromatic N) is 4. The topological polar surface area (TPSA) is 132 Å². The highest BCUT2D eigenvalue weighted by atomic mass is 16.2. The van der Waals surface area contributed by atoms with E-state index in [9.17, 15) is 33.6 Å². The van der Waals surface area contributed by atoms with Gasteiger partial charge in [-0.15, -0.1) is 0 Å². The second-order valence-electron chi connectivity index (χ2n) is 30.7. The van der Waals surface area contributed by atoms with Crippen LogP contribution in [0.25, 0.3) is 0 Å². The van der Waals surface area contributed by atoms with Crippen LogP contribution < -0.4 is 0 Å². The molecule has 4 rings (SSSR count). The molecule has 0 aromatic carbocycles. The van der Waals surface area contributed by atoms with Gasteiger partial charge in [0.1, 0.15) is 17.3 Å². The summed E-state index contributed by atoms with van der Waals surface area (Å²) in [4.78, 5) is 89.4. The molecule has 0 aromatic rings. The van der Waals surface area contributed by atoms with Crippen molar-refractivity contribution in [2.24, 2.45) is 93.7 Å². The van der Waals surface area contributed by atoms with Crippen molar-refractivity contribution in [1.29, 1.82) is 0 Å². The SMILES string of the molecule is CC(C)C(C)(C)C(=O)CC1CCC1.CC(C)C(C)C(=O)N(C)C(C)C.CC(C)C(C)C(=O)N(C)C1CCC1.CC(C)C(C)C(=O)N1CCCC1.CC(C)CC(=O)C(C)(C)C(C)C.CC(C)CC(=O)C(C)C(C)C.CC(C)CC(=O)N1CCCC1. The molecule has 4 atom stereocenters. The number of likely N-dealkylation sites (tertiary alicyclic amines) is 2. The number of ketones is 3. The second-order valence-corrected chi connectivity index (χ2v) is 30.7. The van der Waals surface area contributed by atoms with Crippen molar-refractivity contribution < 1.29 is 33.6 Å². The van der Waals surface area contributed by atoms with Gasteiger partial charge in [0.05, 0.1) is 0 Å². The minimum atomic E-state index is -0.149. The monoisotopic (exact) mass is 1190 g/mol. The van der Waals surface area contributed by atoms with E-state index in [1.165, 1.54) is 64.2 Å². The fourth-order valence-corrected chi connectivity index (χ4v) is 8.84. The molecule has 2 saturated heterocycles. The number of hydrogen-bond acceptors (Lipinski definition) is 7. The van der Waals surface area contributed by atoms with Gasteiger partial charge >= 0.3 is 0 Å². The van der Waals surface area contributed by atoms with E-state index in [1.54, 1.807) is 0 Å². The van der Waals surface area contributed by atoms with Crippen LogP contribution in [0.2, 0.25) is 0 Å². The molecule has 4 amide bonds. The van der Waals surface area contributed by atoms with Crippen molar-refractivity contribution in [3.8, 4) is 0 Å². The predicted octanol–water partition coefficient (Wildman–Crippen LogP) is 17.6. The summed E-state index contributed by atoms with van der Waals surface area (Å²) in [6.07, 6.45) is 15.4. The quantitative estimate of drug-likeness (QED) is 0.105. The number of carbonyl (C=O) groups excluding carboxylic acids is 7. The molecular weight excluding hydrogens is 1040 g/mol. The maximum Gasteiger partial charge on any atom is 0.225 e. The van der Waals surface area contributed by atoms with Gasteiger partial charge in [0, 0.05) is 113 Å². The van der Waals surface area contributed by atoms with Crippen molar-refractivity contribution in [2.45, 2.75) is 296 Å². The van der Waals surface area contributed by atoms with Crippen LogP contribution in [-0.4, -0.2) is 113 Å². The third-order valence-corrected chi connectivity index (χ3v) is 19.5. The number of hydrogen-bond donors (Lipinski definition) is 0. The Morgan fingerprint density at radius 2 is 0.774 bits per heavy atom. The summed E-state index contributed by atoms with van der Waals surface area (Å²) in [5, 5.41) is 0. The van der Waals surface area contributed by atoms with E-state index in [1.807, 2.05) is 89.1 Å². The van der Waals surface area contributed by atoms with E-state index in [0.29, 0.717) is 113 Å². The highest BCUT2D eigenvalue weighted by Gasteiger charge is 2.34. The lowest BCUT2D eigenvalue weighted by atomic mass is 9.71. The van der Waals surface area contributed by atoms with E-state index >= 15 is 0 Å². The Labute approximate surface area is 521 Å². The van der Waals surface area contributed by atoms with Crippen LogP contribution in [0.4, 0.5) is 0 Å². The molecule has 496 valence electrons. The van der Waals surface area contributed by atoms with Gasteiger partial charge in [0.25, 0.3) is 0 Å². The summed E-state index contributed by atoms with van der Waals surface area (Å²) in [6, 6.07) is 0.840. The van der Waals surface area contributed by atoms with Gasteiger partial charge < -0.3 is 19.6 Å². The Balaban J connectivity index is -0.000000912. The lowest BCUT2D eigenvalue weighted by molar-refractivity contribution is -0.139. The predicted molar refractivity (Wildman–Crippen MR) is 359 cm³/mol. The fraction of sp³-hybridized carbons (Fsp3) is 0.904.